The molecule has 0 aromatic rings. The van der Waals surface area contributed by atoms with Crippen molar-refractivity contribution in [3.63, 3.8) is 0 Å². The predicted octanol–water partition coefficient (Wildman–Crippen LogP) is 6.05. The zero-order valence-corrected chi connectivity index (χ0v) is 12.6. The van der Waals surface area contributed by atoms with E-state index in [9.17, 15) is 8.78 Å². The molecule has 2 saturated carbocycles. The van der Waals surface area contributed by atoms with E-state index >= 15 is 0 Å². The first-order valence-electron chi connectivity index (χ1n) is 8.32. The SMILES string of the molecule is CC1CCC(C2CCC(CCC(C)(F)F)CC2)CC1. The van der Waals surface area contributed by atoms with Crippen molar-refractivity contribution in [1.29, 1.82) is 0 Å². The van der Waals surface area contributed by atoms with E-state index in [1.165, 1.54) is 51.4 Å². The first kappa shape index (κ1) is 15.3. The van der Waals surface area contributed by atoms with Crippen LogP contribution < -0.4 is 0 Å². The molecule has 0 N–H and O–H groups in total. The summed E-state index contributed by atoms with van der Waals surface area (Å²) < 4.78 is 25.8. The molecule has 0 nitrogen and oxygen atoms in total. The van der Waals surface area contributed by atoms with Crippen molar-refractivity contribution in [1.82, 2.24) is 0 Å². The molecule has 0 atom stereocenters. The molecule has 0 amide bonds. The Hall–Kier alpha value is -0.140. The summed E-state index contributed by atoms with van der Waals surface area (Å²) in [5, 5.41) is 0. The van der Waals surface area contributed by atoms with Gasteiger partial charge in [0, 0.05) is 6.42 Å². The van der Waals surface area contributed by atoms with E-state index in [0.29, 0.717) is 5.92 Å². The number of alkyl halides is 2. The van der Waals surface area contributed by atoms with E-state index in [-0.39, 0.29) is 6.42 Å². The highest BCUT2D eigenvalue weighted by Gasteiger charge is 2.31. The lowest BCUT2D eigenvalue weighted by Gasteiger charge is -2.37. The highest BCUT2D eigenvalue weighted by Crippen LogP contribution is 2.42. The largest absolute Gasteiger partial charge is 0.245 e. The Kier molecular flexibility index (Phi) is 5.25. The Bertz CT molecular complexity index is 253. The molecule has 0 unspecified atom stereocenters. The minimum absolute atomic E-state index is 0.0866. The Balaban J connectivity index is 1.67. The lowest BCUT2D eigenvalue weighted by molar-refractivity contribution is 0.00357. The second kappa shape index (κ2) is 6.54. The number of hydrogen-bond donors (Lipinski definition) is 0. The summed E-state index contributed by atoms with van der Waals surface area (Å²) in [5.41, 5.74) is 0. The van der Waals surface area contributed by atoms with E-state index in [1.54, 1.807) is 0 Å². The minimum atomic E-state index is -2.46. The molecule has 2 heteroatoms. The number of hydrogen-bond acceptors (Lipinski definition) is 0. The topological polar surface area (TPSA) is 0 Å². The molecule has 0 aromatic carbocycles. The summed E-state index contributed by atoms with van der Waals surface area (Å²) in [6.07, 6.45) is 11.5. The summed E-state index contributed by atoms with van der Waals surface area (Å²) >= 11 is 0. The van der Waals surface area contributed by atoms with Gasteiger partial charge in [-0.2, -0.15) is 0 Å². The maximum absolute atomic E-state index is 12.9. The van der Waals surface area contributed by atoms with E-state index in [1.807, 2.05) is 0 Å². The maximum atomic E-state index is 12.9. The van der Waals surface area contributed by atoms with Gasteiger partial charge in [0.25, 0.3) is 0 Å². The van der Waals surface area contributed by atoms with Gasteiger partial charge in [0.2, 0.25) is 5.92 Å². The molecule has 2 rings (SSSR count). The van der Waals surface area contributed by atoms with Gasteiger partial charge in [0.15, 0.2) is 0 Å². The third-order valence-corrected chi connectivity index (χ3v) is 5.61. The molecule has 0 saturated heterocycles. The lowest BCUT2D eigenvalue weighted by atomic mass is 9.69. The van der Waals surface area contributed by atoms with Gasteiger partial charge >= 0.3 is 0 Å². The number of rotatable bonds is 4. The van der Waals surface area contributed by atoms with Crippen molar-refractivity contribution < 1.29 is 8.78 Å². The van der Waals surface area contributed by atoms with E-state index in [2.05, 4.69) is 6.92 Å². The van der Waals surface area contributed by atoms with Crippen molar-refractivity contribution in [2.75, 3.05) is 0 Å². The van der Waals surface area contributed by atoms with Crippen molar-refractivity contribution in [3.05, 3.63) is 0 Å². The van der Waals surface area contributed by atoms with Crippen LogP contribution in [0.1, 0.15) is 78.1 Å². The molecule has 0 heterocycles. The average molecular weight is 272 g/mol. The monoisotopic (exact) mass is 272 g/mol. The Morgan fingerprint density at radius 2 is 1.32 bits per heavy atom. The van der Waals surface area contributed by atoms with Gasteiger partial charge in [0.05, 0.1) is 0 Å². The van der Waals surface area contributed by atoms with Gasteiger partial charge in [-0.3, -0.25) is 0 Å². The third kappa shape index (κ3) is 5.04. The van der Waals surface area contributed by atoms with Crippen LogP contribution in [-0.2, 0) is 0 Å². The third-order valence-electron chi connectivity index (χ3n) is 5.61. The van der Waals surface area contributed by atoms with Crippen molar-refractivity contribution in [3.8, 4) is 0 Å². The molecule has 19 heavy (non-hydrogen) atoms. The maximum Gasteiger partial charge on any atom is 0.245 e. The van der Waals surface area contributed by atoms with Gasteiger partial charge in [-0.25, -0.2) is 8.78 Å². The summed E-state index contributed by atoms with van der Waals surface area (Å²) in [6.45, 7) is 3.43. The summed E-state index contributed by atoms with van der Waals surface area (Å²) in [7, 11) is 0. The van der Waals surface area contributed by atoms with Crippen LogP contribution in [0.25, 0.3) is 0 Å². The molecule has 2 aliphatic rings. The Labute approximate surface area is 117 Å². The highest BCUT2D eigenvalue weighted by molar-refractivity contribution is 4.81. The molecule has 2 fully saturated rings. The molecule has 0 bridgehead atoms. The summed E-state index contributed by atoms with van der Waals surface area (Å²) in [6, 6.07) is 0. The average Bonchev–Trinajstić information content (AvgIpc) is 2.37. The predicted molar refractivity (Wildman–Crippen MR) is 76.4 cm³/mol. The fourth-order valence-electron chi connectivity index (χ4n) is 4.16. The van der Waals surface area contributed by atoms with Crippen molar-refractivity contribution in [2.24, 2.45) is 23.7 Å². The molecular weight excluding hydrogens is 242 g/mol. The Morgan fingerprint density at radius 1 is 0.842 bits per heavy atom. The summed E-state index contributed by atoms with van der Waals surface area (Å²) in [5.74, 6) is 0.899. The highest BCUT2D eigenvalue weighted by atomic mass is 19.3. The van der Waals surface area contributed by atoms with Crippen LogP contribution in [0.4, 0.5) is 8.78 Å². The van der Waals surface area contributed by atoms with E-state index < -0.39 is 5.92 Å². The number of halogens is 2. The van der Waals surface area contributed by atoms with Crippen LogP contribution in [0.2, 0.25) is 0 Å². The second-order valence-corrected chi connectivity index (χ2v) is 7.41. The summed E-state index contributed by atoms with van der Waals surface area (Å²) in [4.78, 5) is 0. The molecule has 0 aromatic heterocycles. The van der Waals surface area contributed by atoms with Gasteiger partial charge in [-0.05, 0) is 62.7 Å². The van der Waals surface area contributed by atoms with Gasteiger partial charge in [-0.15, -0.1) is 0 Å². The first-order chi connectivity index (χ1) is 8.94. The zero-order chi connectivity index (χ0) is 13.9. The lowest BCUT2D eigenvalue weighted by Crippen LogP contribution is -2.25. The molecule has 112 valence electrons. The standard InChI is InChI=1S/C17H30F2/c1-13-3-7-15(8-4-13)16-9-5-14(6-10-16)11-12-17(2,18)19/h13-16H,3-12H2,1-2H3. The second-order valence-electron chi connectivity index (χ2n) is 7.41. The fraction of sp³-hybridized carbons (Fsp3) is 1.00. The molecule has 0 radical (unpaired) electrons. The van der Waals surface area contributed by atoms with Crippen LogP contribution in [-0.4, -0.2) is 5.92 Å². The normalized spacial score (nSPS) is 37.3. The molecular formula is C17H30F2. The van der Waals surface area contributed by atoms with Gasteiger partial charge in [-0.1, -0.05) is 32.6 Å². The van der Waals surface area contributed by atoms with Crippen molar-refractivity contribution >= 4 is 0 Å². The van der Waals surface area contributed by atoms with Crippen LogP contribution in [0.3, 0.4) is 0 Å². The van der Waals surface area contributed by atoms with Crippen LogP contribution >= 0.6 is 0 Å². The van der Waals surface area contributed by atoms with Crippen molar-refractivity contribution in [2.45, 2.75) is 84.0 Å². The first-order valence-corrected chi connectivity index (χ1v) is 8.32. The van der Waals surface area contributed by atoms with E-state index in [4.69, 9.17) is 0 Å². The van der Waals surface area contributed by atoms with Crippen LogP contribution in [0.5, 0.6) is 0 Å². The fourth-order valence-corrected chi connectivity index (χ4v) is 4.16. The quantitative estimate of drug-likeness (QED) is 0.584. The molecule has 0 aliphatic heterocycles. The van der Waals surface area contributed by atoms with E-state index in [0.717, 1.165) is 31.1 Å². The molecule has 2 aliphatic carbocycles. The van der Waals surface area contributed by atoms with Gasteiger partial charge < -0.3 is 0 Å². The van der Waals surface area contributed by atoms with Crippen LogP contribution in [0.15, 0.2) is 0 Å². The minimum Gasteiger partial charge on any atom is -0.207 e. The Morgan fingerprint density at radius 3 is 1.79 bits per heavy atom. The smallest absolute Gasteiger partial charge is 0.207 e. The zero-order valence-electron chi connectivity index (χ0n) is 12.6. The molecule has 0 spiro atoms. The van der Waals surface area contributed by atoms with Gasteiger partial charge in [0.1, 0.15) is 0 Å². The van der Waals surface area contributed by atoms with Crippen LogP contribution in [0, 0.1) is 23.7 Å².